The summed E-state index contributed by atoms with van der Waals surface area (Å²) in [4.78, 5) is 2.51. The number of hydrogen-bond donors (Lipinski definition) is 0. The number of aromatic nitrogens is 3. The van der Waals surface area contributed by atoms with Gasteiger partial charge in [0.25, 0.3) is 0 Å². The third-order valence-electron chi connectivity index (χ3n) is 4.82. The zero-order valence-electron chi connectivity index (χ0n) is 13.0. The van der Waals surface area contributed by atoms with Gasteiger partial charge < -0.3 is 4.57 Å². The largest absolute Gasteiger partial charge is 0.301 e. The van der Waals surface area contributed by atoms with Crippen LogP contribution in [0.25, 0.3) is 0 Å². The molecule has 5 heteroatoms. The molecule has 1 aromatic heterocycles. The highest BCUT2D eigenvalue weighted by molar-refractivity contribution is 7.71. The van der Waals surface area contributed by atoms with E-state index in [9.17, 15) is 0 Å². The normalized spacial score (nSPS) is 22.3. The molecule has 0 radical (unpaired) electrons. The predicted molar refractivity (Wildman–Crippen MR) is 89.2 cm³/mol. The molecule has 4 nitrogen and oxygen atoms in total. The van der Waals surface area contributed by atoms with Gasteiger partial charge in [-0.05, 0) is 50.4 Å². The monoisotopic (exact) mass is 314 g/mol. The van der Waals surface area contributed by atoms with Gasteiger partial charge >= 0.3 is 0 Å². The van der Waals surface area contributed by atoms with Crippen LogP contribution >= 0.6 is 12.2 Å². The Morgan fingerprint density at radius 1 is 1.18 bits per heavy atom. The first-order chi connectivity index (χ1) is 10.7. The highest BCUT2D eigenvalue weighted by atomic mass is 32.1. The van der Waals surface area contributed by atoms with Gasteiger partial charge in [-0.1, -0.05) is 30.3 Å². The summed E-state index contributed by atoms with van der Waals surface area (Å²) in [5, 5.41) is 4.70. The second kappa shape index (κ2) is 5.63. The van der Waals surface area contributed by atoms with Crippen LogP contribution < -0.4 is 0 Å². The fourth-order valence-corrected chi connectivity index (χ4v) is 3.97. The van der Waals surface area contributed by atoms with Gasteiger partial charge in [0.05, 0.1) is 6.67 Å². The summed E-state index contributed by atoms with van der Waals surface area (Å²) < 4.78 is 5.14. The third kappa shape index (κ3) is 2.52. The number of nitrogens with zero attached hydrogens (tertiary/aromatic N) is 4. The Hall–Kier alpha value is -1.46. The molecule has 0 N–H and O–H groups in total. The molecule has 22 heavy (non-hydrogen) atoms. The summed E-state index contributed by atoms with van der Waals surface area (Å²) in [6.07, 6.45) is 4.96. The maximum Gasteiger partial charge on any atom is 0.199 e. The van der Waals surface area contributed by atoms with Gasteiger partial charge in [0.2, 0.25) is 0 Å². The van der Waals surface area contributed by atoms with Crippen LogP contribution in [0.1, 0.15) is 49.2 Å². The van der Waals surface area contributed by atoms with Crippen molar-refractivity contribution in [1.29, 1.82) is 0 Å². The molecule has 2 fully saturated rings. The van der Waals surface area contributed by atoms with Crippen molar-refractivity contribution >= 4 is 12.2 Å². The van der Waals surface area contributed by atoms with Gasteiger partial charge in [-0.15, -0.1) is 0 Å². The molecule has 1 atom stereocenters. The molecule has 4 rings (SSSR count). The van der Waals surface area contributed by atoms with E-state index in [4.69, 9.17) is 17.3 Å². The molecule has 1 saturated carbocycles. The first-order valence-electron chi connectivity index (χ1n) is 8.19. The van der Waals surface area contributed by atoms with Gasteiger partial charge in [0, 0.05) is 18.6 Å². The molecule has 116 valence electrons. The maximum absolute atomic E-state index is 5.66. The molecule has 1 aromatic carbocycles. The lowest BCUT2D eigenvalue weighted by molar-refractivity contribution is 0.189. The van der Waals surface area contributed by atoms with Crippen molar-refractivity contribution in [3.8, 4) is 0 Å². The van der Waals surface area contributed by atoms with Crippen molar-refractivity contribution in [1.82, 2.24) is 19.2 Å². The van der Waals surface area contributed by atoms with Gasteiger partial charge in [-0.2, -0.15) is 5.10 Å². The van der Waals surface area contributed by atoms with Crippen LogP contribution in [0.5, 0.6) is 0 Å². The summed E-state index contributed by atoms with van der Waals surface area (Å²) in [5.41, 5.74) is 1.41. The number of hydrogen-bond acceptors (Lipinski definition) is 3. The standard InChI is InChI=1S/C17H22N4S/c1-13-18-20(17(22)21(13)15-9-10-15)12-19-11-5-8-16(19)14-6-3-2-4-7-14/h2-4,6-7,15-16H,5,8-12H2,1H3. The molecule has 2 aromatic rings. The van der Waals surface area contributed by atoms with Crippen LogP contribution in [0.3, 0.4) is 0 Å². The van der Waals surface area contributed by atoms with Gasteiger partial charge in [0.1, 0.15) is 5.82 Å². The van der Waals surface area contributed by atoms with E-state index >= 15 is 0 Å². The Bertz CT molecular complexity index is 714. The van der Waals surface area contributed by atoms with E-state index in [1.54, 1.807) is 0 Å². The van der Waals surface area contributed by atoms with Crippen LogP contribution in [0, 0.1) is 11.7 Å². The van der Waals surface area contributed by atoms with E-state index < -0.39 is 0 Å². The van der Waals surface area contributed by atoms with E-state index in [-0.39, 0.29) is 0 Å². The Labute approximate surface area is 136 Å². The van der Waals surface area contributed by atoms with Crippen molar-refractivity contribution in [3.63, 3.8) is 0 Å². The highest BCUT2D eigenvalue weighted by Crippen LogP contribution is 2.36. The van der Waals surface area contributed by atoms with Crippen molar-refractivity contribution in [2.45, 2.75) is 51.4 Å². The van der Waals surface area contributed by atoms with Crippen LogP contribution in [-0.4, -0.2) is 25.8 Å². The molecule has 0 spiro atoms. The average Bonchev–Trinajstić information content (AvgIpc) is 3.18. The highest BCUT2D eigenvalue weighted by Gasteiger charge is 2.29. The van der Waals surface area contributed by atoms with Gasteiger partial charge in [-0.25, -0.2) is 4.68 Å². The lowest BCUT2D eigenvalue weighted by atomic mass is 10.1. The summed E-state index contributed by atoms with van der Waals surface area (Å²) >= 11 is 5.66. The molecule has 2 heterocycles. The third-order valence-corrected chi connectivity index (χ3v) is 5.22. The van der Waals surface area contributed by atoms with E-state index in [2.05, 4.69) is 46.7 Å². The number of aryl methyl sites for hydroxylation is 1. The second-order valence-corrected chi connectivity index (χ2v) is 6.82. The smallest absolute Gasteiger partial charge is 0.199 e. The molecule has 0 amide bonds. The van der Waals surface area contributed by atoms with Crippen molar-refractivity contribution in [2.24, 2.45) is 0 Å². The van der Waals surface area contributed by atoms with Crippen LogP contribution in [0.2, 0.25) is 0 Å². The average molecular weight is 314 g/mol. The maximum atomic E-state index is 5.66. The van der Waals surface area contributed by atoms with E-state index in [1.165, 1.54) is 31.2 Å². The minimum absolute atomic E-state index is 0.495. The van der Waals surface area contributed by atoms with Gasteiger partial charge in [-0.3, -0.25) is 4.90 Å². The fourth-order valence-electron chi connectivity index (χ4n) is 3.59. The van der Waals surface area contributed by atoms with Crippen molar-refractivity contribution < 1.29 is 0 Å². The number of likely N-dealkylation sites (tertiary alicyclic amines) is 1. The summed E-state index contributed by atoms with van der Waals surface area (Å²) in [7, 11) is 0. The minimum Gasteiger partial charge on any atom is -0.301 e. The molecular formula is C17H22N4S. The Morgan fingerprint density at radius 3 is 2.68 bits per heavy atom. The minimum atomic E-state index is 0.495. The summed E-state index contributed by atoms with van der Waals surface area (Å²) in [6.45, 7) is 4.00. The Morgan fingerprint density at radius 2 is 1.95 bits per heavy atom. The summed E-state index contributed by atoms with van der Waals surface area (Å²) in [5.74, 6) is 1.06. The van der Waals surface area contributed by atoms with Crippen molar-refractivity contribution in [2.75, 3.05) is 6.54 Å². The molecule has 2 aliphatic rings. The Balaban J connectivity index is 1.58. The quantitative estimate of drug-likeness (QED) is 0.802. The summed E-state index contributed by atoms with van der Waals surface area (Å²) in [6, 6.07) is 11.9. The van der Waals surface area contributed by atoms with E-state index in [0.717, 1.165) is 23.8 Å². The van der Waals surface area contributed by atoms with E-state index in [1.807, 2.05) is 4.68 Å². The van der Waals surface area contributed by atoms with Gasteiger partial charge in [0.15, 0.2) is 4.77 Å². The number of rotatable bonds is 4. The molecule has 1 aliphatic heterocycles. The van der Waals surface area contributed by atoms with Crippen LogP contribution in [-0.2, 0) is 6.67 Å². The lowest BCUT2D eigenvalue weighted by Crippen LogP contribution is -2.27. The zero-order valence-corrected chi connectivity index (χ0v) is 13.8. The SMILES string of the molecule is Cc1nn(CN2CCCC2c2ccccc2)c(=S)n1C1CC1. The predicted octanol–water partition coefficient (Wildman–Crippen LogP) is 3.85. The van der Waals surface area contributed by atoms with E-state index in [0.29, 0.717) is 12.1 Å². The molecule has 1 aliphatic carbocycles. The first-order valence-corrected chi connectivity index (χ1v) is 8.60. The molecular weight excluding hydrogens is 292 g/mol. The Kier molecular flexibility index (Phi) is 3.62. The van der Waals surface area contributed by atoms with Crippen LogP contribution in [0.15, 0.2) is 30.3 Å². The number of benzene rings is 1. The topological polar surface area (TPSA) is 26.0 Å². The van der Waals surface area contributed by atoms with Crippen LogP contribution in [0.4, 0.5) is 0 Å². The molecule has 0 bridgehead atoms. The molecule has 1 saturated heterocycles. The van der Waals surface area contributed by atoms with Crippen molar-refractivity contribution in [3.05, 3.63) is 46.5 Å². The zero-order chi connectivity index (χ0) is 15.1. The first kappa shape index (κ1) is 14.2. The second-order valence-electron chi connectivity index (χ2n) is 6.45. The lowest BCUT2D eigenvalue weighted by Gasteiger charge is -2.24. The fraction of sp³-hybridized carbons (Fsp3) is 0.529. The molecule has 1 unspecified atom stereocenters.